The number of rotatable bonds is 7. The van der Waals surface area contributed by atoms with Crippen molar-refractivity contribution < 1.29 is 19.5 Å². The Balaban J connectivity index is 1.70. The fraction of sp³-hybridized carbons (Fsp3) is 0.290. The highest BCUT2D eigenvalue weighted by Gasteiger charge is 2.68. The number of aryl methyl sites for hydroxylation is 2. The average Bonchev–Trinajstić information content (AvgIpc) is 3.42. The molecule has 38 heavy (non-hydrogen) atoms. The molecule has 2 heterocycles. The van der Waals surface area contributed by atoms with E-state index in [2.05, 4.69) is 11.4 Å². The molecule has 2 fully saturated rings. The average molecular weight is 508 g/mol. The highest BCUT2D eigenvalue weighted by molar-refractivity contribution is 6.25. The number of carbonyl (C=O) groups is 3. The molecule has 2 saturated heterocycles. The first-order valence-corrected chi connectivity index (χ1v) is 12.9. The lowest BCUT2D eigenvalue weighted by molar-refractivity contribution is -0.148. The third-order valence-corrected chi connectivity index (χ3v) is 7.95. The van der Waals surface area contributed by atoms with Gasteiger partial charge in [-0.2, -0.15) is 5.26 Å². The molecule has 5 rings (SSSR count). The van der Waals surface area contributed by atoms with Crippen molar-refractivity contribution in [3.63, 3.8) is 0 Å². The second-order valence-corrected chi connectivity index (χ2v) is 9.94. The number of hydrogen-bond donors (Lipinski definition) is 2. The van der Waals surface area contributed by atoms with Crippen molar-refractivity contribution in [3.05, 3.63) is 101 Å². The maximum absolute atomic E-state index is 14.3. The van der Waals surface area contributed by atoms with Crippen molar-refractivity contribution in [1.82, 2.24) is 5.32 Å². The van der Waals surface area contributed by atoms with E-state index in [1.165, 1.54) is 4.90 Å². The largest absolute Gasteiger partial charge is 0.480 e. The van der Waals surface area contributed by atoms with E-state index in [0.29, 0.717) is 29.7 Å². The normalized spacial score (nSPS) is 24.3. The van der Waals surface area contributed by atoms with Gasteiger partial charge in [-0.25, -0.2) is 4.90 Å². The number of aliphatic carboxylic acids is 1. The molecule has 2 N–H and O–H groups in total. The molecule has 0 bridgehead atoms. The second-order valence-electron chi connectivity index (χ2n) is 9.94. The zero-order valence-electron chi connectivity index (χ0n) is 21.3. The number of nitriles is 1. The van der Waals surface area contributed by atoms with Gasteiger partial charge in [0.25, 0.3) is 0 Å². The zero-order chi connectivity index (χ0) is 27.0. The van der Waals surface area contributed by atoms with Crippen molar-refractivity contribution in [3.8, 4) is 6.07 Å². The Morgan fingerprint density at radius 3 is 2.13 bits per heavy atom. The number of anilines is 1. The van der Waals surface area contributed by atoms with E-state index in [9.17, 15) is 24.8 Å². The molecule has 0 saturated carbocycles. The summed E-state index contributed by atoms with van der Waals surface area (Å²) in [5.41, 5.74) is 2.51. The van der Waals surface area contributed by atoms with Crippen LogP contribution in [0.2, 0.25) is 0 Å². The molecule has 0 aliphatic carbocycles. The van der Waals surface area contributed by atoms with Crippen LogP contribution in [0.25, 0.3) is 0 Å². The van der Waals surface area contributed by atoms with Crippen molar-refractivity contribution >= 4 is 23.5 Å². The van der Waals surface area contributed by atoms with Gasteiger partial charge in [0.05, 0.1) is 29.2 Å². The molecule has 2 aliphatic heterocycles. The summed E-state index contributed by atoms with van der Waals surface area (Å²) in [6.45, 7) is 3.95. The summed E-state index contributed by atoms with van der Waals surface area (Å²) >= 11 is 0. The van der Waals surface area contributed by atoms with Crippen LogP contribution in [0.3, 0.4) is 0 Å². The van der Waals surface area contributed by atoms with E-state index < -0.39 is 41.2 Å². The quantitative estimate of drug-likeness (QED) is 0.464. The molecule has 2 amide bonds. The Bertz CT molecular complexity index is 1420. The number of nitrogens with one attached hydrogen (secondary N) is 1. The second kappa shape index (κ2) is 9.88. The molecular formula is C31H29N3O4. The minimum atomic E-state index is -1.69. The molecular weight excluding hydrogens is 478 g/mol. The number of imide groups is 1. The number of para-hydroxylation sites is 1. The number of benzene rings is 3. The maximum Gasteiger partial charge on any atom is 0.325 e. The number of nitrogens with zero attached hydrogens (tertiary/aromatic N) is 2. The minimum absolute atomic E-state index is 0.0417. The fourth-order valence-corrected chi connectivity index (χ4v) is 6.13. The maximum atomic E-state index is 14.3. The van der Waals surface area contributed by atoms with Gasteiger partial charge in [0.1, 0.15) is 5.54 Å². The number of hydrogen-bond acceptors (Lipinski definition) is 5. The predicted molar refractivity (Wildman–Crippen MR) is 142 cm³/mol. The van der Waals surface area contributed by atoms with Crippen LogP contribution in [0.5, 0.6) is 0 Å². The summed E-state index contributed by atoms with van der Waals surface area (Å²) in [4.78, 5) is 42.9. The molecule has 2 aliphatic rings. The monoisotopic (exact) mass is 507 g/mol. The molecule has 4 unspecified atom stereocenters. The van der Waals surface area contributed by atoms with Gasteiger partial charge in [0.2, 0.25) is 11.8 Å². The molecule has 0 radical (unpaired) electrons. The van der Waals surface area contributed by atoms with Crippen LogP contribution in [-0.4, -0.2) is 28.4 Å². The van der Waals surface area contributed by atoms with Crippen LogP contribution in [0.15, 0.2) is 72.8 Å². The zero-order valence-corrected chi connectivity index (χ0v) is 21.3. The molecule has 7 nitrogen and oxygen atoms in total. The van der Waals surface area contributed by atoms with Crippen molar-refractivity contribution in [2.24, 2.45) is 11.8 Å². The SMILES string of the molecule is CCc1cccc(CC)c1N1C(=O)C2C(c3ccc(C#N)cc3)NC(Cc3ccccc3)(C(=O)O)C2C1=O. The van der Waals surface area contributed by atoms with Gasteiger partial charge < -0.3 is 5.11 Å². The van der Waals surface area contributed by atoms with Crippen LogP contribution >= 0.6 is 0 Å². The van der Waals surface area contributed by atoms with Crippen LogP contribution in [-0.2, 0) is 33.6 Å². The molecule has 0 aromatic heterocycles. The highest BCUT2D eigenvalue weighted by atomic mass is 16.4. The Labute approximate surface area is 221 Å². The smallest absolute Gasteiger partial charge is 0.325 e. The van der Waals surface area contributed by atoms with Gasteiger partial charge in [0, 0.05) is 12.5 Å². The van der Waals surface area contributed by atoms with Crippen LogP contribution < -0.4 is 10.2 Å². The first-order chi connectivity index (χ1) is 18.4. The fourth-order valence-electron chi connectivity index (χ4n) is 6.13. The summed E-state index contributed by atoms with van der Waals surface area (Å²) in [5.74, 6) is -4.07. The third kappa shape index (κ3) is 3.89. The molecule has 7 heteroatoms. The van der Waals surface area contributed by atoms with Gasteiger partial charge in [-0.05, 0) is 47.2 Å². The lowest BCUT2D eigenvalue weighted by atomic mass is 9.76. The molecule has 3 aromatic carbocycles. The van der Waals surface area contributed by atoms with E-state index in [1.54, 1.807) is 24.3 Å². The van der Waals surface area contributed by atoms with Gasteiger partial charge in [-0.1, -0.05) is 74.5 Å². The van der Waals surface area contributed by atoms with E-state index >= 15 is 0 Å². The standard InChI is InChI=1S/C31H29N3O4/c1-3-21-11-8-12-22(4-2)27(21)34-28(35)24-25(29(34)36)31(30(37)38,17-19-9-6-5-7-10-19)33-26(24)23-15-13-20(18-32)14-16-23/h5-16,24-26,33H,3-4,17H2,1-2H3,(H,37,38). The number of fused-ring (bicyclic) bond motifs is 1. The Morgan fingerprint density at radius 1 is 0.947 bits per heavy atom. The lowest BCUT2D eigenvalue weighted by Gasteiger charge is -2.32. The number of carboxylic acid groups (broad SMARTS) is 1. The molecule has 192 valence electrons. The van der Waals surface area contributed by atoms with Gasteiger partial charge in [-0.15, -0.1) is 0 Å². The summed E-state index contributed by atoms with van der Waals surface area (Å²) < 4.78 is 0. The summed E-state index contributed by atoms with van der Waals surface area (Å²) in [5, 5.41) is 23.2. The molecule has 4 atom stereocenters. The number of carboxylic acids is 1. The van der Waals surface area contributed by atoms with Gasteiger partial charge >= 0.3 is 5.97 Å². The lowest BCUT2D eigenvalue weighted by Crippen LogP contribution is -2.57. The van der Waals surface area contributed by atoms with Crippen molar-refractivity contribution in [1.29, 1.82) is 5.26 Å². The highest BCUT2D eigenvalue weighted by Crippen LogP contribution is 2.51. The summed E-state index contributed by atoms with van der Waals surface area (Å²) in [7, 11) is 0. The predicted octanol–water partition coefficient (Wildman–Crippen LogP) is 4.20. The Morgan fingerprint density at radius 2 is 1.58 bits per heavy atom. The molecule has 0 spiro atoms. The van der Waals surface area contributed by atoms with E-state index in [1.807, 2.05) is 62.4 Å². The summed E-state index contributed by atoms with van der Waals surface area (Å²) in [6.07, 6.45) is 1.29. The Kier molecular flexibility index (Phi) is 6.60. The van der Waals surface area contributed by atoms with Gasteiger partial charge in [-0.3, -0.25) is 19.7 Å². The first kappa shape index (κ1) is 25.4. The van der Waals surface area contributed by atoms with E-state index in [0.717, 1.165) is 16.7 Å². The topological polar surface area (TPSA) is 110 Å². The number of amides is 2. The first-order valence-electron chi connectivity index (χ1n) is 12.9. The van der Waals surface area contributed by atoms with Crippen molar-refractivity contribution in [2.45, 2.75) is 44.7 Å². The summed E-state index contributed by atoms with van der Waals surface area (Å²) in [6, 6.07) is 23.0. The number of carbonyl (C=O) groups excluding carboxylic acids is 2. The van der Waals surface area contributed by atoms with Crippen LogP contribution in [0.1, 0.15) is 47.7 Å². The molecule has 3 aromatic rings. The van der Waals surface area contributed by atoms with E-state index in [-0.39, 0.29) is 6.42 Å². The minimum Gasteiger partial charge on any atom is -0.480 e. The van der Waals surface area contributed by atoms with E-state index in [4.69, 9.17) is 0 Å². The van der Waals surface area contributed by atoms with Crippen LogP contribution in [0.4, 0.5) is 5.69 Å². The van der Waals surface area contributed by atoms with Crippen LogP contribution in [0, 0.1) is 23.2 Å². The third-order valence-electron chi connectivity index (χ3n) is 7.95. The van der Waals surface area contributed by atoms with Gasteiger partial charge in [0.15, 0.2) is 0 Å². The Hall–Kier alpha value is -4.28. The van der Waals surface area contributed by atoms with Crippen molar-refractivity contribution in [2.75, 3.05) is 4.90 Å².